The summed E-state index contributed by atoms with van der Waals surface area (Å²) in [5, 5.41) is 0. The second kappa shape index (κ2) is 9.02. The molecule has 0 unspecified atom stereocenters. The van der Waals surface area contributed by atoms with Crippen molar-refractivity contribution in [2.24, 2.45) is 0 Å². The number of hydrogen-bond donors (Lipinski definition) is 0. The number of carbonyl (C=O) groups is 1. The van der Waals surface area contributed by atoms with Gasteiger partial charge in [0.15, 0.2) is 5.78 Å². The summed E-state index contributed by atoms with van der Waals surface area (Å²) in [4.78, 5) is 12.8. The maximum absolute atomic E-state index is 15.3. The van der Waals surface area contributed by atoms with Gasteiger partial charge in [-0.1, -0.05) is 43.7 Å². The molecule has 0 aliphatic carbocycles. The molecule has 2 aromatic carbocycles. The molecule has 0 saturated heterocycles. The van der Waals surface area contributed by atoms with Gasteiger partial charge in [0.1, 0.15) is 17.3 Å². The Hall–Kier alpha value is -2.62. The third-order valence-corrected chi connectivity index (χ3v) is 4.00. The monoisotopic (exact) mass is 342 g/mol. The Balaban J connectivity index is 2.52. The van der Waals surface area contributed by atoms with Gasteiger partial charge in [0, 0.05) is 17.2 Å². The zero-order valence-corrected chi connectivity index (χ0v) is 14.8. The van der Waals surface area contributed by atoms with Crippen molar-refractivity contribution < 1.29 is 18.7 Å². The number of unbranched alkanes of at least 4 members (excludes halogenated alkanes) is 1. The first-order chi connectivity index (χ1) is 12.1. The maximum atomic E-state index is 15.3. The van der Waals surface area contributed by atoms with Crippen LogP contribution in [0.4, 0.5) is 4.39 Å². The number of ketones is 1. The van der Waals surface area contributed by atoms with E-state index in [2.05, 4.69) is 0 Å². The Morgan fingerprint density at radius 3 is 2.36 bits per heavy atom. The van der Waals surface area contributed by atoms with E-state index in [1.807, 2.05) is 13.0 Å². The van der Waals surface area contributed by atoms with Crippen LogP contribution in [-0.4, -0.2) is 20.0 Å². The summed E-state index contributed by atoms with van der Waals surface area (Å²) < 4.78 is 25.7. The molecule has 0 radical (unpaired) electrons. The zero-order valence-electron chi connectivity index (χ0n) is 14.8. The van der Waals surface area contributed by atoms with Crippen molar-refractivity contribution in [3.63, 3.8) is 0 Å². The molecule has 0 aromatic heterocycles. The molecule has 0 aliphatic rings. The highest BCUT2D eigenvalue weighted by Crippen LogP contribution is 2.34. The molecule has 3 nitrogen and oxygen atoms in total. The van der Waals surface area contributed by atoms with E-state index in [9.17, 15) is 4.79 Å². The molecule has 25 heavy (non-hydrogen) atoms. The van der Waals surface area contributed by atoms with Crippen LogP contribution < -0.4 is 9.47 Å². The number of halogens is 1. The van der Waals surface area contributed by atoms with Crippen LogP contribution in [0.3, 0.4) is 0 Å². The molecule has 0 saturated carbocycles. The molecule has 0 amide bonds. The van der Waals surface area contributed by atoms with Crippen LogP contribution >= 0.6 is 0 Å². The molecular weight excluding hydrogens is 319 g/mol. The molecular formula is C21H23FO3. The minimum Gasteiger partial charge on any atom is -0.497 e. The SMILES string of the molecule is CCCC/C(C(=O)c1ccccc1)=C(\F)c1ccc(OC)cc1OC. The first-order valence-corrected chi connectivity index (χ1v) is 8.33. The van der Waals surface area contributed by atoms with Gasteiger partial charge < -0.3 is 9.47 Å². The summed E-state index contributed by atoms with van der Waals surface area (Å²) in [7, 11) is 3.00. The predicted molar refractivity (Wildman–Crippen MR) is 97.9 cm³/mol. The van der Waals surface area contributed by atoms with Crippen molar-refractivity contribution in [2.75, 3.05) is 14.2 Å². The van der Waals surface area contributed by atoms with E-state index in [0.29, 0.717) is 23.5 Å². The van der Waals surface area contributed by atoms with Crippen LogP contribution in [0.15, 0.2) is 54.1 Å². The summed E-state index contributed by atoms with van der Waals surface area (Å²) in [6.45, 7) is 2.01. The van der Waals surface area contributed by atoms with Gasteiger partial charge in [-0.25, -0.2) is 4.39 Å². The minimum atomic E-state index is -0.540. The van der Waals surface area contributed by atoms with E-state index in [1.165, 1.54) is 14.2 Å². The van der Waals surface area contributed by atoms with Gasteiger partial charge in [-0.15, -0.1) is 0 Å². The van der Waals surface area contributed by atoms with Gasteiger partial charge in [0.05, 0.1) is 19.8 Å². The van der Waals surface area contributed by atoms with Gasteiger partial charge in [0.2, 0.25) is 0 Å². The number of carbonyl (C=O) groups excluding carboxylic acids is 1. The molecule has 0 aliphatic heterocycles. The number of methoxy groups -OCH3 is 2. The fourth-order valence-corrected chi connectivity index (χ4v) is 2.58. The normalized spacial score (nSPS) is 11.7. The number of rotatable bonds is 8. The number of hydrogen-bond acceptors (Lipinski definition) is 3. The van der Waals surface area contributed by atoms with Crippen molar-refractivity contribution in [2.45, 2.75) is 26.2 Å². The summed E-state index contributed by atoms with van der Waals surface area (Å²) in [6.07, 6.45) is 1.99. The Kier molecular flexibility index (Phi) is 6.75. The lowest BCUT2D eigenvalue weighted by molar-refractivity contribution is 0.103. The van der Waals surface area contributed by atoms with Gasteiger partial charge in [-0.3, -0.25) is 4.79 Å². The fourth-order valence-electron chi connectivity index (χ4n) is 2.58. The minimum absolute atomic E-state index is 0.177. The molecule has 4 heteroatoms. The van der Waals surface area contributed by atoms with Crippen molar-refractivity contribution in [3.8, 4) is 11.5 Å². The topological polar surface area (TPSA) is 35.5 Å². The highest BCUT2D eigenvalue weighted by atomic mass is 19.1. The first kappa shape index (κ1) is 18.7. The molecule has 2 rings (SSSR count). The second-order valence-corrected chi connectivity index (χ2v) is 5.66. The number of benzene rings is 2. The van der Waals surface area contributed by atoms with E-state index >= 15 is 4.39 Å². The average Bonchev–Trinajstić information content (AvgIpc) is 2.67. The third-order valence-electron chi connectivity index (χ3n) is 4.00. The largest absolute Gasteiger partial charge is 0.497 e. The lowest BCUT2D eigenvalue weighted by Gasteiger charge is -2.13. The number of Topliss-reactive ketones (excluding diaryl/α,β-unsaturated/α-hetero) is 1. The van der Waals surface area contributed by atoms with E-state index in [-0.39, 0.29) is 16.9 Å². The Labute approximate surface area is 148 Å². The van der Waals surface area contributed by atoms with E-state index in [4.69, 9.17) is 9.47 Å². The summed E-state index contributed by atoms with van der Waals surface area (Å²) in [5.41, 5.74) is 0.923. The van der Waals surface area contributed by atoms with Gasteiger partial charge >= 0.3 is 0 Å². The average molecular weight is 342 g/mol. The van der Waals surface area contributed by atoms with E-state index in [1.54, 1.807) is 42.5 Å². The first-order valence-electron chi connectivity index (χ1n) is 8.33. The van der Waals surface area contributed by atoms with Crippen LogP contribution in [0.25, 0.3) is 5.83 Å². The number of ether oxygens (including phenoxy) is 2. The molecule has 0 atom stereocenters. The molecule has 0 heterocycles. The lowest BCUT2D eigenvalue weighted by Crippen LogP contribution is -2.06. The maximum Gasteiger partial charge on any atom is 0.191 e. The van der Waals surface area contributed by atoms with Gasteiger partial charge in [-0.2, -0.15) is 0 Å². The van der Waals surface area contributed by atoms with Crippen LogP contribution in [0.1, 0.15) is 42.1 Å². The lowest BCUT2D eigenvalue weighted by atomic mass is 9.95. The standard InChI is InChI=1S/C21H23FO3/c1-4-5-11-18(21(23)15-9-7-6-8-10-15)20(22)17-13-12-16(24-2)14-19(17)25-3/h6-10,12-14H,4-5,11H2,1-3H3/b20-18+. The number of allylic oxidation sites excluding steroid dienone is 1. The van der Waals surface area contributed by atoms with Crippen molar-refractivity contribution in [3.05, 3.63) is 65.2 Å². The predicted octanol–water partition coefficient (Wildman–Crippen LogP) is 5.46. The molecule has 0 fully saturated rings. The molecule has 0 spiro atoms. The van der Waals surface area contributed by atoms with E-state index < -0.39 is 5.83 Å². The molecule has 0 bridgehead atoms. The van der Waals surface area contributed by atoms with Crippen LogP contribution in [-0.2, 0) is 0 Å². The summed E-state index contributed by atoms with van der Waals surface area (Å²) in [6, 6.07) is 13.6. The molecule has 132 valence electrons. The Morgan fingerprint density at radius 2 is 1.76 bits per heavy atom. The quantitative estimate of drug-likeness (QED) is 0.472. The summed E-state index contributed by atoms with van der Waals surface area (Å²) in [5.74, 6) is 0.0795. The third kappa shape index (κ3) is 4.47. The van der Waals surface area contributed by atoms with Crippen molar-refractivity contribution in [1.82, 2.24) is 0 Å². The van der Waals surface area contributed by atoms with Gasteiger partial charge in [0.25, 0.3) is 0 Å². The van der Waals surface area contributed by atoms with Crippen LogP contribution in [0.5, 0.6) is 11.5 Å². The Morgan fingerprint density at radius 1 is 1.04 bits per heavy atom. The van der Waals surface area contributed by atoms with Crippen molar-refractivity contribution >= 4 is 11.6 Å². The second-order valence-electron chi connectivity index (χ2n) is 5.66. The van der Waals surface area contributed by atoms with Crippen molar-refractivity contribution in [1.29, 1.82) is 0 Å². The Bertz CT molecular complexity index is 751. The van der Waals surface area contributed by atoms with Gasteiger partial charge in [-0.05, 0) is 25.0 Å². The molecule has 2 aromatic rings. The zero-order chi connectivity index (χ0) is 18.2. The highest BCUT2D eigenvalue weighted by Gasteiger charge is 2.21. The van der Waals surface area contributed by atoms with Crippen LogP contribution in [0.2, 0.25) is 0 Å². The highest BCUT2D eigenvalue weighted by molar-refractivity contribution is 6.12. The smallest absolute Gasteiger partial charge is 0.191 e. The fraction of sp³-hybridized carbons (Fsp3) is 0.286. The van der Waals surface area contributed by atoms with E-state index in [0.717, 1.165) is 12.8 Å². The van der Waals surface area contributed by atoms with Crippen LogP contribution in [0, 0.1) is 0 Å². The molecule has 0 N–H and O–H groups in total. The summed E-state index contributed by atoms with van der Waals surface area (Å²) >= 11 is 0.